The molecule has 0 fully saturated rings. The number of amidine groups is 1. The van der Waals surface area contributed by atoms with Crippen LogP contribution in [0.5, 0.6) is 0 Å². The van der Waals surface area contributed by atoms with Crippen molar-refractivity contribution in [2.45, 2.75) is 38.0 Å². The molecule has 5 heteroatoms. The molecule has 0 unspecified atom stereocenters. The van der Waals surface area contributed by atoms with Crippen molar-refractivity contribution in [3.63, 3.8) is 0 Å². The minimum Gasteiger partial charge on any atom is -0.409 e. The number of oxime groups is 1. The fraction of sp³-hybridized carbons (Fsp3) is 0.500. The maximum atomic E-state index is 8.70. The van der Waals surface area contributed by atoms with Crippen LogP contribution in [-0.2, 0) is 0 Å². The van der Waals surface area contributed by atoms with Gasteiger partial charge in [-0.3, -0.25) is 0 Å². The van der Waals surface area contributed by atoms with Crippen LogP contribution in [0.3, 0.4) is 0 Å². The molecule has 0 atom stereocenters. The summed E-state index contributed by atoms with van der Waals surface area (Å²) >= 11 is 5.29. The fourth-order valence-corrected chi connectivity index (χ4v) is 2.83. The molecule has 0 saturated carbocycles. The molecule has 0 heterocycles. The normalized spacial score (nSPS) is 12.7. The molecular weight excluding hydrogens is 324 g/mol. The van der Waals surface area contributed by atoms with Gasteiger partial charge in [-0.05, 0) is 42.9 Å². The van der Waals surface area contributed by atoms with Crippen molar-refractivity contribution in [2.75, 3.05) is 5.75 Å². The molecule has 106 valence electrons. The van der Waals surface area contributed by atoms with E-state index in [4.69, 9.17) is 10.9 Å². The lowest BCUT2D eigenvalue weighted by molar-refractivity contribution is 0.304. The average Bonchev–Trinajstić information content (AvgIpc) is 2.39. The van der Waals surface area contributed by atoms with Gasteiger partial charge in [0.2, 0.25) is 0 Å². The highest BCUT2D eigenvalue weighted by molar-refractivity contribution is 9.10. The number of thioether (sulfide) groups is 1. The maximum Gasteiger partial charge on any atom is 0.144 e. The van der Waals surface area contributed by atoms with Crippen molar-refractivity contribution in [3.05, 3.63) is 28.7 Å². The first-order valence-corrected chi connectivity index (χ1v) is 8.10. The van der Waals surface area contributed by atoms with Gasteiger partial charge in [-0.25, -0.2) is 0 Å². The molecule has 0 spiro atoms. The lowest BCUT2D eigenvalue weighted by Gasteiger charge is -2.22. The molecule has 0 aliphatic heterocycles. The van der Waals surface area contributed by atoms with Gasteiger partial charge < -0.3 is 10.9 Å². The van der Waals surface area contributed by atoms with Gasteiger partial charge in [-0.15, -0.1) is 11.8 Å². The lowest BCUT2D eigenvalue weighted by atomic mass is 9.86. The van der Waals surface area contributed by atoms with E-state index in [2.05, 4.69) is 45.4 Å². The van der Waals surface area contributed by atoms with E-state index in [1.807, 2.05) is 25.6 Å². The number of nitrogens with zero attached hydrogens (tertiary/aromatic N) is 1. The van der Waals surface area contributed by atoms with Crippen molar-refractivity contribution in [2.24, 2.45) is 16.3 Å². The van der Waals surface area contributed by atoms with Crippen LogP contribution >= 0.6 is 27.7 Å². The van der Waals surface area contributed by atoms with Crippen LogP contribution in [0.4, 0.5) is 0 Å². The number of hydrogen-bond acceptors (Lipinski definition) is 3. The number of rotatable bonds is 7. The maximum absolute atomic E-state index is 8.70. The van der Waals surface area contributed by atoms with E-state index in [9.17, 15) is 0 Å². The minimum atomic E-state index is -0.225. The Labute approximate surface area is 127 Å². The number of benzene rings is 1. The van der Waals surface area contributed by atoms with E-state index in [0.29, 0.717) is 5.84 Å². The zero-order chi connectivity index (χ0) is 14.3. The molecule has 0 saturated heterocycles. The summed E-state index contributed by atoms with van der Waals surface area (Å²) in [6.45, 7) is 4.01. The Morgan fingerprint density at radius 3 is 2.53 bits per heavy atom. The van der Waals surface area contributed by atoms with E-state index in [0.717, 1.165) is 29.5 Å². The fourth-order valence-electron chi connectivity index (χ4n) is 1.65. The third kappa shape index (κ3) is 5.87. The van der Waals surface area contributed by atoms with E-state index in [-0.39, 0.29) is 5.41 Å². The predicted molar refractivity (Wildman–Crippen MR) is 85.9 cm³/mol. The molecule has 3 N–H and O–H groups in total. The van der Waals surface area contributed by atoms with E-state index >= 15 is 0 Å². The third-order valence-corrected chi connectivity index (χ3v) is 4.71. The topological polar surface area (TPSA) is 58.6 Å². The molecule has 0 radical (unpaired) electrons. The molecule has 0 aromatic heterocycles. The summed E-state index contributed by atoms with van der Waals surface area (Å²) in [4.78, 5) is 1.29. The van der Waals surface area contributed by atoms with Crippen molar-refractivity contribution in [3.8, 4) is 0 Å². The van der Waals surface area contributed by atoms with Gasteiger partial charge >= 0.3 is 0 Å². The Hall–Kier alpha value is -0.680. The number of halogens is 1. The summed E-state index contributed by atoms with van der Waals surface area (Å²) in [5.41, 5.74) is 5.44. The molecule has 1 rings (SSSR count). The van der Waals surface area contributed by atoms with Crippen LogP contribution in [-0.4, -0.2) is 16.8 Å². The highest BCUT2D eigenvalue weighted by Crippen LogP contribution is 2.26. The smallest absolute Gasteiger partial charge is 0.144 e. The Kier molecular flexibility index (Phi) is 6.72. The SMILES string of the molecule is CC(C)(CCCCSc1ccc(Br)cc1)/C(N)=N/O. The highest BCUT2D eigenvalue weighted by atomic mass is 79.9. The second kappa shape index (κ2) is 7.80. The van der Waals surface area contributed by atoms with Crippen LogP contribution in [0, 0.1) is 5.41 Å². The van der Waals surface area contributed by atoms with Gasteiger partial charge in [0.05, 0.1) is 0 Å². The van der Waals surface area contributed by atoms with Crippen molar-refractivity contribution in [1.29, 1.82) is 0 Å². The molecule has 3 nitrogen and oxygen atoms in total. The largest absolute Gasteiger partial charge is 0.409 e. The molecular formula is C14H21BrN2OS. The van der Waals surface area contributed by atoms with E-state index in [1.165, 1.54) is 4.90 Å². The van der Waals surface area contributed by atoms with E-state index < -0.39 is 0 Å². The number of nitrogens with two attached hydrogens (primary N) is 1. The second-order valence-electron chi connectivity index (χ2n) is 5.13. The quantitative estimate of drug-likeness (QED) is 0.191. The summed E-state index contributed by atoms with van der Waals surface area (Å²) in [5, 5.41) is 11.8. The van der Waals surface area contributed by atoms with Gasteiger partial charge in [-0.1, -0.05) is 41.4 Å². The Morgan fingerprint density at radius 1 is 1.32 bits per heavy atom. The summed E-state index contributed by atoms with van der Waals surface area (Å²) < 4.78 is 1.11. The first kappa shape index (κ1) is 16.4. The summed E-state index contributed by atoms with van der Waals surface area (Å²) in [5.74, 6) is 1.40. The van der Waals surface area contributed by atoms with Gasteiger partial charge in [0.25, 0.3) is 0 Å². The third-order valence-electron chi connectivity index (χ3n) is 3.08. The molecule has 0 aliphatic rings. The van der Waals surface area contributed by atoms with Crippen molar-refractivity contribution in [1.82, 2.24) is 0 Å². The van der Waals surface area contributed by atoms with Gasteiger partial charge in [0.15, 0.2) is 0 Å². The summed E-state index contributed by atoms with van der Waals surface area (Å²) in [6, 6.07) is 8.36. The molecule has 0 aliphatic carbocycles. The average molecular weight is 345 g/mol. The number of unbranched alkanes of at least 4 members (excludes halogenated alkanes) is 1. The van der Waals surface area contributed by atoms with Gasteiger partial charge in [0.1, 0.15) is 5.84 Å². The van der Waals surface area contributed by atoms with E-state index in [1.54, 1.807) is 0 Å². The minimum absolute atomic E-state index is 0.225. The zero-order valence-corrected chi connectivity index (χ0v) is 13.8. The Balaban J connectivity index is 2.23. The van der Waals surface area contributed by atoms with Gasteiger partial charge in [-0.2, -0.15) is 0 Å². The second-order valence-corrected chi connectivity index (χ2v) is 7.21. The number of hydrogen-bond donors (Lipinski definition) is 2. The first-order valence-electron chi connectivity index (χ1n) is 6.32. The van der Waals surface area contributed by atoms with Crippen LogP contribution in [0.15, 0.2) is 38.8 Å². The van der Waals surface area contributed by atoms with Crippen molar-refractivity contribution < 1.29 is 5.21 Å². The predicted octanol–water partition coefficient (Wildman–Crippen LogP) is 4.48. The monoisotopic (exact) mass is 344 g/mol. The molecule has 19 heavy (non-hydrogen) atoms. The first-order chi connectivity index (χ1) is 8.95. The molecule has 1 aromatic carbocycles. The Bertz CT molecular complexity index is 418. The van der Waals surface area contributed by atoms with Crippen LogP contribution < -0.4 is 5.73 Å². The Morgan fingerprint density at radius 2 is 1.95 bits per heavy atom. The zero-order valence-electron chi connectivity index (χ0n) is 11.4. The van der Waals surface area contributed by atoms with Crippen LogP contribution in [0.2, 0.25) is 0 Å². The summed E-state index contributed by atoms with van der Waals surface area (Å²) in [6.07, 6.45) is 3.14. The van der Waals surface area contributed by atoms with Crippen LogP contribution in [0.25, 0.3) is 0 Å². The molecule has 0 amide bonds. The van der Waals surface area contributed by atoms with Crippen LogP contribution in [0.1, 0.15) is 33.1 Å². The summed E-state index contributed by atoms with van der Waals surface area (Å²) in [7, 11) is 0. The van der Waals surface area contributed by atoms with Crippen molar-refractivity contribution >= 4 is 33.5 Å². The standard InChI is InChI=1S/C14H21BrN2OS/c1-14(2,13(16)17-18)9-3-4-10-19-12-7-5-11(15)6-8-12/h5-8,18H,3-4,9-10H2,1-2H3,(H2,16,17). The lowest BCUT2D eigenvalue weighted by Crippen LogP contribution is -2.31. The molecule has 0 bridgehead atoms. The van der Waals surface area contributed by atoms with Gasteiger partial charge in [0, 0.05) is 14.8 Å². The highest BCUT2D eigenvalue weighted by Gasteiger charge is 2.22. The molecule has 1 aromatic rings.